The van der Waals surface area contributed by atoms with Crippen LogP contribution in [0.1, 0.15) is 44.3 Å². The molecule has 0 unspecified atom stereocenters. The van der Waals surface area contributed by atoms with Crippen molar-refractivity contribution in [3.8, 4) is 0 Å². The molecular weight excluding hydrogens is 334 g/mol. The summed E-state index contributed by atoms with van der Waals surface area (Å²) >= 11 is 3.40. The van der Waals surface area contributed by atoms with Gasteiger partial charge < -0.3 is 9.84 Å². The third-order valence-corrected chi connectivity index (χ3v) is 3.63. The van der Waals surface area contributed by atoms with Gasteiger partial charge in [-0.05, 0) is 34.5 Å². The second-order valence-corrected chi connectivity index (χ2v) is 5.94. The smallest absolute Gasteiger partial charge is 0.226 e. The van der Waals surface area contributed by atoms with E-state index >= 15 is 0 Å². The van der Waals surface area contributed by atoms with E-state index in [2.05, 4.69) is 31.4 Å². The number of amides is 1. The lowest BCUT2D eigenvalue weighted by Crippen LogP contribution is -2.11. The summed E-state index contributed by atoms with van der Waals surface area (Å²) < 4.78 is 6.02. The Bertz CT molecular complexity index is 610. The molecule has 1 heterocycles. The average Bonchev–Trinajstić information content (AvgIpc) is 2.90. The SMILES string of the molecule is CC(C)c1noc(CCCC(=O)Nc2ccccc2Br)n1. The first-order valence-corrected chi connectivity index (χ1v) is 7.72. The molecule has 1 aromatic heterocycles. The van der Waals surface area contributed by atoms with Crippen LogP contribution in [-0.4, -0.2) is 16.0 Å². The average molecular weight is 352 g/mol. The Morgan fingerprint density at radius 3 is 2.81 bits per heavy atom. The number of halogens is 1. The highest BCUT2D eigenvalue weighted by Crippen LogP contribution is 2.21. The van der Waals surface area contributed by atoms with Crippen molar-refractivity contribution in [1.29, 1.82) is 0 Å². The van der Waals surface area contributed by atoms with E-state index in [0.29, 0.717) is 31.0 Å². The third-order valence-electron chi connectivity index (χ3n) is 2.94. The number of aryl methyl sites for hydroxylation is 1. The maximum Gasteiger partial charge on any atom is 0.226 e. The zero-order chi connectivity index (χ0) is 15.2. The van der Waals surface area contributed by atoms with E-state index in [4.69, 9.17) is 4.52 Å². The van der Waals surface area contributed by atoms with Crippen molar-refractivity contribution in [3.05, 3.63) is 40.5 Å². The van der Waals surface area contributed by atoms with Crippen LogP contribution in [0.2, 0.25) is 0 Å². The zero-order valence-corrected chi connectivity index (χ0v) is 13.7. The predicted octanol–water partition coefficient (Wildman–Crippen LogP) is 3.92. The standard InChI is InChI=1S/C15H18BrN3O2/c1-10(2)15-18-14(21-19-15)9-5-8-13(20)17-12-7-4-3-6-11(12)16/h3-4,6-7,10H,5,8-9H2,1-2H3,(H,17,20). The van der Waals surface area contributed by atoms with Crippen molar-refractivity contribution in [3.63, 3.8) is 0 Å². The van der Waals surface area contributed by atoms with Gasteiger partial charge >= 0.3 is 0 Å². The topological polar surface area (TPSA) is 68.0 Å². The van der Waals surface area contributed by atoms with Gasteiger partial charge in [-0.2, -0.15) is 4.98 Å². The Morgan fingerprint density at radius 1 is 1.38 bits per heavy atom. The summed E-state index contributed by atoms with van der Waals surface area (Å²) in [4.78, 5) is 16.2. The molecule has 0 saturated carbocycles. The van der Waals surface area contributed by atoms with E-state index in [1.165, 1.54) is 0 Å². The molecule has 1 aromatic carbocycles. The van der Waals surface area contributed by atoms with Crippen molar-refractivity contribution in [2.45, 2.75) is 39.0 Å². The molecule has 0 aliphatic rings. The predicted molar refractivity (Wildman–Crippen MR) is 84.1 cm³/mol. The third kappa shape index (κ3) is 4.67. The van der Waals surface area contributed by atoms with E-state index in [1.54, 1.807) is 0 Å². The molecule has 0 fully saturated rings. The number of carbonyl (C=O) groups is 1. The largest absolute Gasteiger partial charge is 0.339 e. The molecule has 21 heavy (non-hydrogen) atoms. The molecule has 0 spiro atoms. The summed E-state index contributed by atoms with van der Waals surface area (Å²) in [5, 5.41) is 6.77. The minimum absolute atomic E-state index is 0.0227. The van der Waals surface area contributed by atoms with Crippen molar-refractivity contribution >= 4 is 27.5 Å². The Hall–Kier alpha value is -1.69. The summed E-state index contributed by atoms with van der Waals surface area (Å²) in [5.41, 5.74) is 0.780. The molecule has 112 valence electrons. The minimum atomic E-state index is -0.0227. The fourth-order valence-corrected chi connectivity index (χ4v) is 2.16. The number of para-hydroxylation sites is 1. The second kappa shape index (κ2) is 7.36. The van der Waals surface area contributed by atoms with Gasteiger partial charge in [-0.1, -0.05) is 31.1 Å². The first-order chi connectivity index (χ1) is 10.1. The van der Waals surface area contributed by atoms with Crippen molar-refractivity contribution < 1.29 is 9.32 Å². The molecule has 0 atom stereocenters. The minimum Gasteiger partial charge on any atom is -0.339 e. The molecule has 2 aromatic rings. The highest BCUT2D eigenvalue weighted by molar-refractivity contribution is 9.10. The van der Waals surface area contributed by atoms with E-state index in [0.717, 1.165) is 10.2 Å². The number of carbonyl (C=O) groups excluding carboxylic acids is 1. The first-order valence-electron chi connectivity index (χ1n) is 6.93. The van der Waals surface area contributed by atoms with Crippen LogP contribution in [0.25, 0.3) is 0 Å². The molecule has 0 saturated heterocycles. The van der Waals surface area contributed by atoms with Crippen LogP contribution < -0.4 is 5.32 Å². The van der Waals surface area contributed by atoms with E-state index in [-0.39, 0.29) is 11.8 Å². The number of hydrogen-bond acceptors (Lipinski definition) is 4. The quantitative estimate of drug-likeness (QED) is 0.856. The second-order valence-electron chi connectivity index (χ2n) is 5.08. The molecule has 0 aliphatic heterocycles. The Kier molecular flexibility index (Phi) is 5.50. The van der Waals surface area contributed by atoms with Gasteiger partial charge in [-0.3, -0.25) is 4.79 Å². The molecule has 0 radical (unpaired) electrons. The lowest BCUT2D eigenvalue weighted by molar-refractivity contribution is -0.116. The molecule has 0 aliphatic carbocycles. The fourth-order valence-electron chi connectivity index (χ4n) is 1.78. The summed E-state index contributed by atoms with van der Waals surface area (Å²) in [5.74, 6) is 1.53. The van der Waals surface area contributed by atoms with Crippen LogP contribution in [0.5, 0.6) is 0 Å². The lowest BCUT2D eigenvalue weighted by Gasteiger charge is -2.06. The van der Waals surface area contributed by atoms with Crippen molar-refractivity contribution in [2.24, 2.45) is 0 Å². The lowest BCUT2D eigenvalue weighted by atomic mass is 10.2. The number of benzene rings is 1. The van der Waals surface area contributed by atoms with Crippen LogP contribution in [0, 0.1) is 0 Å². The summed E-state index contributed by atoms with van der Waals surface area (Å²) in [6, 6.07) is 7.53. The summed E-state index contributed by atoms with van der Waals surface area (Å²) in [6.07, 6.45) is 1.71. The van der Waals surface area contributed by atoms with Crippen molar-refractivity contribution in [2.75, 3.05) is 5.32 Å². The van der Waals surface area contributed by atoms with E-state index in [1.807, 2.05) is 38.1 Å². The van der Waals surface area contributed by atoms with Gasteiger partial charge in [0, 0.05) is 23.2 Å². The van der Waals surface area contributed by atoms with Gasteiger partial charge in [0.2, 0.25) is 11.8 Å². The molecule has 0 bridgehead atoms. The highest BCUT2D eigenvalue weighted by Gasteiger charge is 2.10. The van der Waals surface area contributed by atoms with Crippen LogP contribution >= 0.6 is 15.9 Å². The van der Waals surface area contributed by atoms with Gasteiger partial charge in [-0.15, -0.1) is 0 Å². The molecule has 1 N–H and O–H groups in total. The Morgan fingerprint density at radius 2 is 2.14 bits per heavy atom. The number of nitrogens with one attached hydrogen (secondary N) is 1. The monoisotopic (exact) mass is 351 g/mol. The number of nitrogens with zero attached hydrogens (tertiary/aromatic N) is 2. The molecular formula is C15H18BrN3O2. The van der Waals surface area contributed by atoms with Crippen LogP contribution in [0.3, 0.4) is 0 Å². The van der Waals surface area contributed by atoms with Crippen LogP contribution in [-0.2, 0) is 11.2 Å². The van der Waals surface area contributed by atoms with Gasteiger partial charge in [0.25, 0.3) is 0 Å². The molecule has 5 nitrogen and oxygen atoms in total. The highest BCUT2D eigenvalue weighted by atomic mass is 79.9. The summed E-state index contributed by atoms with van der Waals surface area (Å²) in [7, 11) is 0. The maximum absolute atomic E-state index is 11.9. The maximum atomic E-state index is 11.9. The fraction of sp³-hybridized carbons (Fsp3) is 0.400. The normalized spacial score (nSPS) is 10.9. The molecule has 6 heteroatoms. The first kappa shape index (κ1) is 15.7. The number of rotatable bonds is 6. The van der Waals surface area contributed by atoms with Gasteiger partial charge in [0.05, 0.1) is 5.69 Å². The van der Waals surface area contributed by atoms with E-state index in [9.17, 15) is 4.79 Å². The van der Waals surface area contributed by atoms with Crippen LogP contribution in [0.4, 0.5) is 5.69 Å². The van der Waals surface area contributed by atoms with Gasteiger partial charge in [0.15, 0.2) is 5.82 Å². The van der Waals surface area contributed by atoms with E-state index < -0.39 is 0 Å². The van der Waals surface area contributed by atoms with Gasteiger partial charge in [-0.25, -0.2) is 0 Å². The van der Waals surface area contributed by atoms with Gasteiger partial charge in [0.1, 0.15) is 0 Å². The number of aromatic nitrogens is 2. The molecule has 1 amide bonds. The summed E-state index contributed by atoms with van der Waals surface area (Å²) in [6.45, 7) is 4.03. The van der Waals surface area contributed by atoms with Crippen molar-refractivity contribution in [1.82, 2.24) is 10.1 Å². The van der Waals surface area contributed by atoms with Crippen LogP contribution in [0.15, 0.2) is 33.3 Å². The molecule has 2 rings (SSSR count). The Balaban J connectivity index is 1.78. The number of anilines is 1. The number of hydrogen-bond donors (Lipinski definition) is 1. The Labute approximate surface area is 132 Å². The zero-order valence-electron chi connectivity index (χ0n) is 12.1.